The van der Waals surface area contributed by atoms with E-state index in [9.17, 15) is 13.2 Å². The molecule has 2 unspecified atom stereocenters. The third-order valence-corrected chi connectivity index (χ3v) is 5.41. The lowest BCUT2D eigenvalue weighted by atomic mass is 9.92. The number of fused-ring (bicyclic) bond motifs is 1. The highest BCUT2D eigenvalue weighted by Gasteiger charge is 2.27. The molecule has 0 radical (unpaired) electrons. The molecule has 2 atom stereocenters. The first-order valence-electron chi connectivity index (χ1n) is 6.96. The van der Waals surface area contributed by atoms with Gasteiger partial charge in [-0.05, 0) is 31.0 Å². The van der Waals surface area contributed by atoms with Crippen molar-refractivity contribution in [3.05, 3.63) is 28.7 Å². The summed E-state index contributed by atoms with van der Waals surface area (Å²) in [7, 11) is -3.64. The second-order valence-corrected chi connectivity index (χ2v) is 7.18. The number of nitrogens with one attached hydrogen (secondary N) is 3. The first kappa shape index (κ1) is 14.3. The molecule has 7 nitrogen and oxygen atoms in total. The topological polar surface area (TPSA) is 121 Å². The van der Waals surface area contributed by atoms with Crippen molar-refractivity contribution in [2.45, 2.75) is 42.7 Å². The Morgan fingerprint density at radius 3 is 2.62 bits per heavy atom. The summed E-state index contributed by atoms with van der Waals surface area (Å²) in [6, 6.07) is 4.11. The van der Waals surface area contributed by atoms with E-state index in [0.29, 0.717) is 11.0 Å². The number of sulfonamides is 1. The predicted octanol–water partition coefficient (Wildman–Crippen LogP) is 0.404. The van der Waals surface area contributed by atoms with Gasteiger partial charge in [-0.25, -0.2) is 17.9 Å². The fourth-order valence-electron chi connectivity index (χ4n) is 2.75. The molecular formula is C13H18N4O3S. The van der Waals surface area contributed by atoms with E-state index < -0.39 is 10.0 Å². The van der Waals surface area contributed by atoms with Gasteiger partial charge in [0.2, 0.25) is 10.0 Å². The van der Waals surface area contributed by atoms with Crippen LogP contribution in [-0.2, 0) is 10.0 Å². The zero-order valence-electron chi connectivity index (χ0n) is 11.4. The summed E-state index contributed by atoms with van der Waals surface area (Å²) in [5.74, 6) is 0. The Morgan fingerprint density at radius 1 is 1.14 bits per heavy atom. The van der Waals surface area contributed by atoms with Gasteiger partial charge in [-0.2, -0.15) is 0 Å². The Hall–Kier alpha value is -1.64. The maximum absolute atomic E-state index is 12.4. The average Bonchev–Trinajstić information content (AvgIpc) is 2.80. The molecule has 0 aliphatic heterocycles. The molecule has 0 saturated heterocycles. The van der Waals surface area contributed by atoms with Crippen molar-refractivity contribution in [2.75, 3.05) is 0 Å². The van der Waals surface area contributed by atoms with Gasteiger partial charge in [0.05, 0.1) is 15.9 Å². The molecule has 21 heavy (non-hydrogen) atoms. The standard InChI is InChI=1S/C13H18N4O3S/c14-9-3-1-2-4-10(9)17-21(19,20)8-5-6-11-12(7-8)16-13(18)15-11/h5-7,9-10,17H,1-4,14H2,(H2,15,16,18). The molecule has 0 bridgehead atoms. The van der Waals surface area contributed by atoms with Crippen LogP contribution in [0.1, 0.15) is 25.7 Å². The Labute approximate surface area is 122 Å². The van der Waals surface area contributed by atoms with E-state index >= 15 is 0 Å². The number of nitrogens with two attached hydrogens (primary N) is 1. The van der Waals surface area contributed by atoms with Crippen LogP contribution in [0.4, 0.5) is 0 Å². The van der Waals surface area contributed by atoms with E-state index in [-0.39, 0.29) is 22.7 Å². The molecular weight excluding hydrogens is 292 g/mol. The summed E-state index contributed by atoms with van der Waals surface area (Å²) in [6.45, 7) is 0. The van der Waals surface area contributed by atoms with Gasteiger partial charge in [0, 0.05) is 12.1 Å². The Morgan fingerprint density at radius 2 is 1.86 bits per heavy atom. The number of imidazole rings is 1. The maximum Gasteiger partial charge on any atom is 0.323 e. The smallest absolute Gasteiger partial charge is 0.323 e. The van der Waals surface area contributed by atoms with Crippen LogP contribution in [0.25, 0.3) is 11.0 Å². The summed E-state index contributed by atoms with van der Waals surface area (Å²) in [5, 5.41) is 0. The zero-order valence-corrected chi connectivity index (χ0v) is 12.2. The predicted molar refractivity (Wildman–Crippen MR) is 79.5 cm³/mol. The van der Waals surface area contributed by atoms with E-state index in [2.05, 4.69) is 14.7 Å². The molecule has 114 valence electrons. The second kappa shape index (κ2) is 5.28. The highest BCUT2D eigenvalue weighted by molar-refractivity contribution is 7.89. The number of aromatic nitrogens is 2. The molecule has 1 saturated carbocycles. The minimum absolute atomic E-state index is 0.128. The largest absolute Gasteiger partial charge is 0.326 e. The normalized spacial score (nSPS) is 23.5. The lowest BCUT2D eigenvalue weighted by Gasteiger charge is -2.29. The first-order chi connectivity index (χ1) is 9.95. The van der Waals surface area contributed by atoms with E-state index in [4.69, 9.17) is 5.73 Å². The number of hydrogen-bond donors (Lipinski definition) is 4. The van der Waals surface area contributed by atoms with E-state index in [0.717, 1.165) is 25.7 Å². The molecule has 1 heterocycles. The molecule has 1 aliphatic rings. The van der Waals surface area contributed by atoms with Crippen molar-refractivity contribution in [1.82, 2.24) is 14.7 Å². The monoisotopic (exact) mass is 310 g/mol. The van der Waals surface area contributed by atoms with Crippen LogP contribution < -0.4 is 16.1 Å². The highest BCUT2D eigenvalue weighted by atomic mass is 32.2. The fourth-order valence-corrected chi connectivity index (χ4v) is 4.10. The molecule has 5 N–H and O–H groups in total. The van der Waals surface area contributed by atoms with E-state index in [1.807, 2.05) is 0 Å². The molecule has 2 aromatic rings. The molecule has 1 aromatic carbocycles. The molecule has 8 heteroatoms. The third kappa shape index (κ3) is 2.87. The molecule has 0 amide bonds. The summed E-state index contributed by atoms with van der Waals surface area (Å²) < 4.78 is 27.5. The zero-order chi connectivity index (χ0) is 15.0. The van der Waals surface area contributed by atoms with Crippen molar-refractivity contribution in [2.24, 2.45) is 5.73 Å². The molecule has 1 fully saturated rings. The van der Waals surface area contributed by atoms with Gasteiger partial charge < -0.3 is 15.7 Å². The van der Waals surface area contributed by atoms with Gasteiger partial charge in [-0.15, -0.1) is 0 Å². The second-order valence-electron chi connectivity index (χ2n) is 5.46. The molecule has 0 spiro atoms. The minimum atomic E-state index is -3.64. The number of H-pyrrole nitrogens is 2. The Balaban J connectivity index is 1.90. The molecule has 1 aliphatic carbocycles. The van der Waals surface area contributed by atoms with Gasteiger partial charge in [0.1, 0.15) is 0 Å². The van der Waals surface area contributed by atoms with Crippen LogP contribution in [0, 0.1) is 0 Å². The van der Waals surface area contributed by atoms with Crippen LogP contribution in [0.5, 0.6) is 0 Å². The fraction of sp³-hybridized carbons (Fsp3) is 0.462. The average molecular weight is 310 g/mol. The van der Waals surface area contributed by atoms with Crippen molar-refractivity contribution in [3.63, 3.8) is 0 Å². The summed E-state index contributed by atoms with van der Waals surface area (Å²) in [4.78, 5) is 16.5. The lowest BCUT2D eigenvalue weighted by Crippen LogP contribution is -2.49. The van der Waals surface area contributed by atoms with Crippen LogP contribution in [0.15, 0.2) is 27.9 Å². The minimum Gasteiger partial charge on any atom is -0.326 e. The van der Waals surface area contributed by atoms with Gasteiger partial charge in [-0.1, -0.05) is 12.8 Å². The number of benzene rings is 1. The Bertz CT molecular complexity index is 808. The first-order valence-corrected chi connectivity index (χ1v) is 8.44. The summed E-state index contributed by atoms with van der Waals surface area (Å²) in [6.07, 6.45) is 3.60. The number of hydrogen-bond acceptors (Lipinski definition) is 4. The van der Waals surface area contributed by atoms with Gasteiger partial charge in [0.15, 0.2) is 0 Å². The van der Waals surface area contributed by atoms with Crippen molar-refractivity contribution in [1.29, 1.82) is 0 Å². The Kier molecular flexibility index (Phi) is 3.60. The number of aromatic amines is 2. The highest BCUT2D eigenvalue weighted by Crippen LogP contribution is 2.20. The van der Waals surface area contributed by atoms with Crippen LogP contribution in [0.3, 0.4) is 0 Å². The number of rotatable bonds is 3. The summed E-state index contributed by atoms with van der Waals surface area (Å²) >= 11 is 0. The SMILES string of the molecule is NC1CCCCC1NS(=O)(=O)c1ccc2[nH]c(=O)[nH]c2c1. The third-order valence-electron chi connectivity index (χ3n) is 3.92. The van der Waals surface area contributed by atoms with Gasteiger partial charge in [-0.3, -0.25) is 0 Å². The van der Waals surface area contributed by atoms with Crippen LogP contribution in [0.2, 0.25) is 0 Å². The maximum atomic E-state index is 12.4. The van der Waals surface area contributed by atoms with Gasteiger partial charge >= 0.3 is 5.69 Å². The summed E-state index contributed by atoms with van der Waals surface area (Å²) in [5.41, 5.74) is 6.66. The molecule has 3 rings (SSSR count). The molecule has 1 aromatic heterocycles. The van der Waals surface area contributed by atoms with Crippen molar-refractivity contribution < 1.29 is 8.42 Å². The van der Waals surface area contributed by atoms with Crippen LogP contribution >= 0.6 is 0 Å². The van der Waals surface area contributed by atoms with E-state index in [1.165, 1.54) is 12.1 Å². The van der Waals surface area contributed by atoms with Gasteiger partial charge in [0.25, 0.3) is 0 Å². The lowest BCUT2D eigenvalue weighted by molar-refractivity contribution is 0.361. The quantitative estimate of drug-likeness (QED) is 0.656. The van der Waals surface area contributed by atoms with E-state index in [1.54, 1.807) is 6.07 Å². The van der Waals surface area contributed by atoms with Crippen molar-refractivity contribution >= 4 is 21.1 Å². The van der Waals surface area contributed by atoms with Crippen LogP contribution in [-0.4, -0.2) is 30.5 Å². The van der Waals surface area contributed by atoms with Crippen molar-refractivity contribution in [3.8, 4) is 0 Å².